The van der Waals surface area contributed by atoms with Crippen molar-refractivity contribution in [3.8, 4) is 0 Å². The zero-order valence-corrected chi connectivity index (χ0v) is 18.5. The molecule has 0 aliphatic carbocycles. The molecule has 1 radical (unpaired) electrons. The number of hydrogen-bond donors (Lipinski definition) is 0. The van der Waals surface area contributed by atoms with Gasteiger partial charge in [0.2, 0.25) is 0 Å². The Morgan fingerprint density at radius 2 is 0.267 bits per heavy atom. The monoisotopic (exact) mass is 557 g/mol. The molecule has 0 spiro atoms. The predicted molar refractivity (Wildman–Crippen MR) is 21.7 cm³/mol. The van der Waals surface area contributed by atoms with Gasteiger partial charge in [0, 0.05) is 20.1 Å². The minimum absolute atomic E-state index is 0. The van der Waals surface area contributed by atoms with Gasteiger partial charge in [0.05, 0.1) is 0 Å². The molecule has 0 amide bonds. The molecule has 0 aromatic heterocycles. The van der Waals surface area contributed by atoms with Crippen molar-refractivity contribution in [3.05, 3.63) is 0 Å². The first-order chi connectivity index (χ1) is 0. The average molecular weight is 559 g/mol. The van der Waals surface area contributed by atoms with E-state index in [9.17, 15) is 0 Å². The Kier molecular flexibility index (Phi) is 7570. The van der Waals surface area contributed by atoms with E-state index in [1.807, 2.05) is 0 Å². The molecule has 0 fully saturated rings. The standard InChI is InChI=1S/6ClH.Ir.2Na.6H2O/h6*1H;;;;6*1H2/q;;;;;;;2*+1;;;;;;/p-6. The summed E-state index contributed by atoms with van der Waals surface area (Å²) >= 11 is 0. The van der Waals surface area contributed by atoms with Crippen LogP contribution in [0.15, 0.2) is 0 Å². The second-order valence-electron chi connectivity index (χ2n) is 0. The van der Waals surface area contributed by atoms with E-state index >= 15 is 0 Å². The van der Waals surface area contributed by atoms with Gasteiger partial charge in [-0.25, -0.2) is 0 Å². The zero-order valence-electron chi connectivity index (χ0n) is 7.60. The van der Waals surface area contributed by atoms with E-state index in [2.05, 4.69) is 0 Å². The largest absolute Gasteiger partial charge is 1.00 e. The number of rotatable bonds is 0. The summed E-state index contributed by atoms with van der Waals surface area (Å²) in [5.41, 5.74) is 0. The van der Waals surface area contributed by atoms with Gasteiger partial charge < -0.3 is 107 Å². The third-order valence-corrected chi connectivity index (χ3v) is 0. The van der Waals surface area contributed by atoms with E-state index in [1.54, 1.807) is 0 Å². The van der Waals surface area contributed by atoms with E-state index in [4.69, 9.17) is 0 Å². The van der Waals surface area contributed by atoms with Crippen LogP contribution in [0.25, 0.3) is 0 Å². The van der Waals surface area contributed by atoms with Crippen LogP contribution >= 0.6 is 0 Å². The predicted octanol–water partition coefficient (Wildman–Crippen LogP) is -28.9. The Morgan fingerprint density at radius 3 is 0.267 bits per heavy atom. The van der Waals surface area contributed by atoms with Crippen LogP contribution in [0.5, 0.6) is 0 Å². The first-order valence-corrected chi connectivity index (χ1v) is 0. The number of halogens is 6. The van der Waals surface area contributed by atoms with E-state index in [0.29, 0.717) is 0 Å². The van der Waals surface area contributed by atoms with Crippen LogP contribution in [0.2, 0.25) is 0 Å². The molecule has 0 aliphatic rings. The van der Waals surface area contributed by atoms with Gasteiger partial charge in [0.1, 0.15) is 0 Å². The molecule has 0 aliphatic heterocycles. The fourth-order valence-electron chi connectivity index (χ4n) is 0. The molecule has 12 N–H and O–H groups in total. The van der Waals surface area contributed by atoms with Crippen LogP contribution in [-0.2, 0) is 20.1 Å². The molecule has 0 heterocycles. The minimum atomic E-state index is 0. The molecule has 6 nitrogen and oxygen atoms in total. The molecule has 0 aromatic rings. The summed E-state index contributed by atoms with van der Waals surface area (Å²) in [6, 6.07) is 0. The normalized spacial score (nSPS) is 0. The topological polar surface area (TPSA) is 189 Å². The van der Waals surface area contributed by atoms with Crippen LogP contribution in [0.4, 0.5) is 0 Å². The van der Waals surface area contributed by atoms with Crippen LogP contribution in [0, 0.1) is 0 Å². The Hall–Kier alpha value is 4.15. The van der Waals surface area contributed by atoms with E-state index in [0.717, 1.165) is 0 Å². The van der Waals surface area contributed by atoms with Gasteiger partial charge in [-0.2, -0.15) is 0 Å². The molecule has 0 bridgehead atoms. The maximum atomic E-state index is 0. The van der Waals surface area contributed by atoms with Crippen molar-refractivity contribution >= 4 is 0 Å². The molecule has 0 saturated heterocycles. The molecule has 0 aromatic carbocycles. The van der Waals surface area contributed by atoms with Crippen molar-refractivity contribution in [1.29, 1.82) is 0 Å². The first kappa shape index (κ1) is 366. The minimum Gasteiger partial charge on any atom is -1.00 e. The maximum Gasteiger partial charge on any atom is 1.00 e. The smallest absolute Gasteiger partial charge is 1.00 e. The third-order valence-electron chi connectivity index (χ3n) is 0. The summed E-state index contributed by atoms with van der Waals surface area (Å²) in [5, 5.41) is 0. The summed E-state index contributed by atoms with van der Waals surface area (Å²) in [6.07, 6.45) is 0. The second kappa shape index (κ2) is 310. The van der Waals surface area contributed by atoms with Gasteiger partial charge in [-0.15, -0.1) is 0 Å². The van der Waals surface area contributed by atoms with Crippen molar-refractivity contribution in [2.24, 2.45) is 0 Å². The van der Waals surface area contributed by atoms with E-state index < -0.39 is 0 Å². The summed E-state index contributed by atoms with van der Waals surface area (Å²) in [6.45, 7) is 0. The van der Waals surface area contributed by atoms with E-state index in [-0.39, 0.29) is 187 Å². The molecule has 0 atom stereocenters. The average Bonchev–Trinajstić information content (AvgIpc) is 0. The van der Waals surface area contributed by atoms with E-state index in [1.165, 1.54) is 0 Å². The van der Waals surface area contributed by atoms with Gasteiger partial charge in [0.25, 0.3) is 0 Å². The second-order valence-corrected chi connectivity index (χ2v) is 0. The molecule has 15 heavy (non-hydrogen) atoms. The summed E-state index contributed by atoms with van der Waals surface area (Å²) in [7, 11) is 0. The fourth-order valence-corrected chi connectivity index (χ4v) is 0. The zero-order chi connectivity index (χ0) is 0. The molecular formula is H12Cl6IrNa2O6-4. The Morgan fingerprint density at radius 1 is 0.267 bits per heavy atom. The van der Waals surface area contributed by atoms with Crippen molar-refractivity contribution in [2.75, 3.05) is 0 Å². The maximum absolute atomic E-state index is 0. The van der Waals surface area contributed by atoms with Gasteiger partial charge >= 0.3 is 59.1 Å². The molecular weight excluding hydrogens is 547 g/mol. The fraction of sp³-hybridized carbons (Fsp3) is 0. The van der Waals surface area contributed by atoms with Gasteiger partial charge in [-0.3, -0.25) is 0 Å². The van der Waals surface area contributed by atoms with Crippen LogP contribution in [0.3, 0.4) is 0 Å². The first-order valence-electron chi connectivity index (χ1n) is 0. The SMILES string of the molecule is O.O.O.O.O.O.[Cl-].[Cl-].[Cl-].[Cl-].[Cl-].[Cl-].[Ir].[Na+].[Na+]. The molecule has 105 valence electrons. The van der Waals surface area contributed by atoms with Crippen molar-refractivity contribution < 1.29 is 187 Å². The molecule has 0 saturated carbocycles. The van der Waals surface area contributed by atoms with Gasteiger partial charge in [-0.1, -0.05) is 0 Å². The summed E-state index contributed by atoms with van der Waals surface area (Å²) in [5.74, 6) is 0. The Labute approximate surface area is 183 Å². The van der Waals surface area contributed by atoms with Crippen molar-refractivity contribution in [1.82, 2.24) is 0 Å². The van der Waals surface area contributed by atoms with Crippen molar-refractivity contribution in [2.45, 2.75) is 0 Å². The van der Waals surface area contributed by atoms with Crippen LogP contribution < -0.4 is 134 Å². The van der Waals surface area contributed by atoms with Crippen molar-refractivity contribution in [3.63, 3.8) is 0 Å². The Balaban J connectivity index is 0. The molecule has 15 heteroatoms. The molecule has 0 rings (SSSR count). The Bertz CT molecular complexity index is 25.6. The summed E-state index contributed by atoms with van der Waals surface area (Å²) < 4.78 is 0. The molecule has 0 unspecified atom stereocenters. The quantitative estimate of drug-likeness (QED) is 0.255. The third kappa shape index (κ3) is 275. The van der Waals surface area contributed by atoms with Crippen LogP contribution in [0.1, 0.15) is 0 Å². The summed E-state index contributed by atoms with van der Waals surface area (Å²) in [4.78, 5) is 0. The van der Waals surface area contributed by atoms with Gasteiger partial charge in [-0.05, 0) is 0 Å². The number of hydrogen-bond acceptors (Lipinski definition) is 0. The van der Waals surface area contributed by atoms with Crippen LogP contribution in [-0.4, -0.2) is 32.9 Å². The van der Waals surface area contributed by atoms with Gasteiger partial charge in [0.15, 0.2) is 0 Å².